The van der Waals surface area contributed by atoms with Gasteiger partial charge in [0.2, 0.25) is 0 Å². The molecule has 0 saturated carbocycles. The Labute approximate surface area is 92.9 Å². The molecule has 0 atom stereocenters. The van der Waals surface area contributed by atoms with Crippen LogP contribution in [0.2, 0.25) is 0 Å². The number of benzene rings is 1. The lowest BCUT2D eigenvalue weighted by Gasteiger charge is -1.99. The zero-order valence-corrected chi connectivity index (χ0v) is 8.97. The number of phenols is 1. The number of phenolic OH excluding ortho intramolecular Hbond substituents is 1. The molecule has 16 heavy (non-hydrogen) atoms. The summed E-state index contributed by atoms with van der Waals surface area (Å²) in [6, 6.07) is 4.80. The van der Waals surface area contributed by atoms with Crippen LogP contribution in [0.25, 0.3) is 11.5 Å². The molecule has 5 heteroatoms. The lowest BCUT2D eigenvalue weighted by Crippen LogP contribution is -1.87. The summed E-state index contributed by atoms with van der Waals surface area (Å²) < 4.78 is 5.06. The Morgan fingerprint density at radius 2 is 2.25 bits per heavy atom. The first-order chi connectivity index (χ1) is 7.70. The van der Waals surface area contributed by atoms with Gasteiger partial charge >= 0.3 is 0 Å². The van der Waals surface area contributed by atoms with Crippen LogP contribution in [0.3, 0.4) is 0 Å². The number of aromatic nitrogens is 2. The van der Waals surface area contributed by atoms with Crippen LogP contribution >= 0.6 is 0 Å². The van der Waals surface area contributed by atoms with Crippen LogP contribution in [0.15, 0.2) is 22.7 Å². The fourth-order valence-electron chi connectivity index (χ4n) is 1.42. The smallest absolute Gasteiger partial charge is 0.261 e. The van der Waals surface area contributed by atoms with E-state index in [9.17, 15) is 5.11 Å². The summed E-state index contributed by atoms with van der Waals surface area (Å²) in [5.41, 5.74) is 6.53. The molecular weight excluding hydrogens is 206 g/mol. The number of rotatable bonds is 3. The zero-order chi connectivity index (χ0) is 11.5. The molecule has 0 aliphatic rings. The lowest BCUT2D eigenvalue weighted by molar-refractivity contribution is 0.417. The van der Waals surface area contributed by atoms with E-state index >= 15 is 0 Å². The maximum absolute atomic E-state index is 9.68. The van der Waals surface area contributed by atoms with E-state index in [2.05, 4.69) is 10.1 Å². The van der Waals surface area contributed by atoms with Crippen molar-refractivity contribution in [2.45, 2.75) is 19.8 Å². The summed E-state index contributed by atoms with van der Waals surface area (Å²) in [4.78, 5) is 4.18. The molecular formula is C11H13N3O2. The average Bonchev–Trinajstić information content (AvgIpc) is 2.67. The number of nitrogen functional groups attached to an aromatic ring is 1. The minimum Gasteiger partial charge on any atom is -0.507 e. The summed E-state index contributed by atoms with van der Waals surface area (Å²) in [5.74, 6) is 1.02. The van der Waals surface area contributed by atoms with Gasteiger partial charge < -0.3 is 15.4 Å². The van der Waals surface area contributed by atoms with E-state index in [1.807, 2.05) is 6.92 Å². The Morgan fingerprint density at radius 3 is 2.94 bits per heavy atom. The monoisotopic (exact) mass is 219 g/mol. The van der Waals surface area contributed by atoms with Crippen molar-refractivity contribution in [1.82, 2.24) is 10.1 Å². The van der Waals surface area contributed by atoms with Crippen LogP contribution in [0.4, 0.5) is 5.69 Å². The Balaban J connectivity index is 2.35. The molecule has 0 spiro atoms. The highest BCUT2D eigenvalue weighted by molar-refractivity contribution is 5.66. The van der Waals surface area contributed by atoms with Gasteiger partial charge in [0, 0.05) is 18.2 Å². The molecule has 0 bridgehead atoms. The first-order valence-electron chi connectivity index (χ1n) is 5.12. The van der Waals surface area contributed by atoms with Crippen molar-refractivity contribution in [1.29, 1.82) is 0 Å². The van der Waals surface area contributed by atoms with Crippen molar-refractivity contribution in [3.05, 3.63) is 24.0 Å². The van der Waals surface area contributed by atoms with E-state index in [-0.39, 0.29) is 5.75 Å². The molecule has 0 radical (unpaired) electrons. The van der Waals surface area contributed by atoms with E-state index in [1.165, 1.54) is 6.07 Å². The lowest BCUT2D eigenvalue weighted by atomic mass is 10.2. The van der Waals surface area contributed by atoms with Crippen molar-refractivity contribution in [2.75, 3.05) is 5.73 Å². The van der Waals surface area contributed by atoms with Crippen LogP contribution in [0.1, 0.15) is 19.2 Å². The van der Waals surface area contributed by atoms with E-state index in [0.29, 0.717) is 23.0 Å². The number of nitrogens with two attached hydrogens (primary N) is 1. The van der Waals surface area contributed by atoms with Gasteiger partial charge in [0.25, 0.3) is 5.89 Å². The molecule has 0 fully saturated rings. The second kappa shape index (κ2) is 4.22. The van der Waals surface area contributed by atoms with Crippen LogP contribution < -0.4 is 5.73 Å². The first-order valence-corrected chi connectivity index (χ1v) is 5.12. The standard InChI is InChI=1S/C11H13N3O2/c1-2-3-10-13-11(16-14-10)8-5-4-7(12)6-9(8)15/h4-6,15H,2-3,12H2,1H3. The molecule has 0 saturated heterocycles. The van der Waals surface area contributed by atoms with Gasteiger partial charge in [-0.25, -0.2) is 0 Å². The Kier molecular flexibility index (Phi) is 2.76. The second-order valence-corrected chi connectivity index (χ2v) is 3.54. The second-order valence-electron chi connectivity index (χ2n) is 3.54. The number of nitrogens with zero attached hydrogens (tertiary/aromatic N) is 2. The Hall–Kier alpha value is -2.04. The summed E-state index contributed by atoms with van der Waals surface area (Å²) in [5, 5.41) is 13.5. The quantitative estimate of drug-likeness (QED) is 0.771. The van der Waals surface area contributed by atoms with Gasteiger partial charge in [0.05, 0.1) is 5.56 Å². The molecule has 0 aliphatic carbocycles. The van der Waals surface area contributed by atoms with Crippen LogP contribution in [-0.2, 0) is 6.42 Å². The first kappa shape index (κ1) is 10.5. The highest BCUT2D eigenvalue weighted by atomic mass is 16.5. The zero-order valence-electron chi connectivity index (χ0n) is 8.97. The van der Waals surface area contributed by atoms with Crippen LogP contribution in [0, 0.1) is 0 Å². The van der Waals surface area contributed by atoms with Crippen molar-refractivity contribution in [2.24, 2.45) is 0 Å². The van der Waals surface area contributed by atoms with Crippen LogP contribution in [-0.4, -0.2) is 15.2 Å². The number of aromatic hydroxyl groups is 1. The van der Waals surface area contributed by atoms with Gasteiger partial charge in [0.15, 0.2) is 5.82 Å². The minimum atomic E-state index is 0.0479. The van der Waals surface area contributed by atoms with Gasteiger partial charge in [-0.2, -0.15) is 4.98 Å². The summed E-state index contributed by atoms with van der Waals surface area (Å²) in [6.45, 7) is 2.04. The van der Waals surface area contributed by atoms with Gasteiger partial charge in [-0.05, 0) is 18.6 Å². The molecule has 5 nitrogen and oxygen atoms in total. The topological polar surface area (TPSA) is 85.2 Å². The third-order valence-electron chi connectivity index (χ3n) is 2.19. The third-order valence-corrected chi connectivity index (χ3v) is 2.19. The Bertz CT molecular complexity index is 494. The Morgan fingerprint density at radius 1 is 1.44 bits per heavy atom. The van der Waals surface area contributed by atoms with Gasteiger partial charge in [-0.3, -0.25) is 0 Å². The summed E-state index contributed by atoms with van der Waals surface area (Å²) in [7, 11) is 0. The fraction of sp³-hybridized carbons (Fsp3) is 0.273. The molecule has 1 heterocycles. The fourth-order valence-corrected chi connectivity index (χ4v) is 1.42. The number of anilines is 1. The van der Waals surface area contributed by atoms with E-state index in [1.54, 1.807) is 12.1 Å². The molecule has 2 rings (SSSR count). The molecule has 3 N–H and O–H groups in total. The molecule has 2 aromatic rings. The molecule has 0 amide bonds. The van der Waals surface area contributed by atoms with Gasteiger partial charge in [-0.1, -0.05) is 12.1 Å². The maximum Gasteiger partial charge on any atom is 0.261 e. The largest absolute Gasteiger partial charge is 0.507 e. The SMILES string of the molecule is CCCc1noc(-c2ccc(N)cc2O)n1. The van der Waals surface area contributed by atoms with Crippen molar-refractivity contribution < 1.29 is 9.63 Å². The summed E-state index contributed by atoms with van der Waals surface area (Å²) in [6.07, 6.45) is 1.71. The third kappa shape index (κ3) is 1.98. The number of hydrogen-bond acceptors (Lipinski definition) is 5. The molecule has 0 aliphatic heterocycles. The molecule has 1 aromatic heterocycles. The predicted molar refractivity (Wildman–Crippen MR) is 59.8 cm³/mol. The molecule has 1 aromatic carbocycles. The summed E-state index contributed by atoms with van der Waals surface area (Å²) >= 11 is 0. The van der Waals surface area contributed by atoms with Crippen molar-refractivity contribution >= 4 is 5.69 Å². The number of aryl methyl sites for hydroxylation is 1. The van der Waals surface area contributed by atoms with Gasteiger partial charge in [0.1, 0.15) is 5.75 Å². The highest BCUT2D eigenvalue weighted by Crippen LogP contribution is 2.29. The normalized spacial score (nSPS) is 10.6. The van der Waals surface area contributed by atoms with E-state index < -0.39 is 0 Å². The molecule has 84 valence electrons. The minimum absolute atomic E-state index is 0.0479. The maximum atomic E-state index is 9.68. The molecule has 0 unspecified atom stereocenters. The van der Waals surface area contributed by atoms with Gasteiger partial charge in [-0.15, -0.1) is 0 Å². The van der Waals surface area contributed by atoms with E-state index in [4.69, 9.17) is 10.3 Å². The number of hydrogen-bond donors (Lipinski definition) is 2. The van der Waals surface area contributed by atoms with Crippen LogP contribution in [0.5, 0.6) is 5.75 Å². The predicted octanol–water partition coefficient (Wildman–Crippen LogP) is 1.98. The van der Waals surface area contributed by atoms with E-state index in [0.717, 1.165) is 12.8 Å². The average molecular weight is 219 g/mol. The van der Waals surface area contributed by atoms with Crippen molar-refractivity contribution in [3.8, 4) is 17.2 Å². The van der Waals surface area contributed by atoms with Crippen molar-refractivity contribution in [3.63, 3.8) is 0 Å². The highest BCUT2D eigenvalue weighted by Gasteiger charge is 2.12.